The second kappa shape index (κ2) is 12.2. The summed E-state index contributed by atoms with van der Waals surface area (Å²) in [4.78, 5) is 13.3. The van der Waals surface area contributed by atoms with Crippen LogP contribution in [-0.4, -0.2) is 42.2 Å². The van der Waals surface area contributed by atoms with Crippen LogP contribution in [0.1, 0.15) is 41.6 Å². The molecule has 0 aromatic heterocycles. The van der Waals surface area contributed by atoms with Gasteiger partial charge < -0.3 is 19.5 Å². The number of amides is 1. The first-order chi connectivity index (χ1) is 18.0. The van der Waals surface area contributed by atoms with E-state index >= 15 is 0 Å². The zero-order valence-corrected chi connectivity index (χ0v) is 23.8. The van der Waals surface area contributed by atoms with Crippen LogP contribution in [0.5, 0.6) is 17.2 Å². The van der Waals surface area contributed by atoms with Gasteiger partial charge in [0.2, 0.25) is 5.91 Å². The summed E-state index contributed by atoms with van der Waals surface area (Å²) < 4.78 is 44.9. The minimum absolute atomic E-state index is 0.0140. The first-order valence-electron chi connectivity index (χ1n) is 12.3. The van der Waals surface area contributed by atoms with Gasteiger partial charge in [-0.1, -0.05) is 25.1 Å². The average molecular weight is 541 g/mol. The number of carbonyl (C=O) groups excluding carboxylic acids is 1. The lowest BCUT2D eigenvalue weighted by Gasteiger charge is -2.27. The molecule has 0 fully saturated rings. The van der Waals surface area contributed by atoms with Crippen molar-refractivity contribution in [1.29, 1.82) is 0 Å². The molecule has 8 nitrogen and oxygen atoms in total. The van der Waals surface area contributed by atoms with Crippen molar-refractivity contribution in [2.75, 3.05) is 32.2 Å². The van der Waals surface area contributed by atoms with Crippen molar-refractivity contribution in [3.05, 3.63) is 76.9 Å². The Morgan fingerprint density at radius 1 is 0.842 bits per heavy atom. The highest BCUT2D eigenvalue weighted by Crippen LogP contribution is 2.33. The number of hydrogen-bond donors (Lipinski definition) is 1. The van der Waals surface area contributed by atoms with Crippen molar-refractivity contribution in [1.82, 2.24) is 5.32 Å². The second-order valence-corrected chi connectivity index (χ2v) is 11.0. The van der Waals surface area contributed by atoms with E-state index in [1.807, 2.05) is 52.0 Å². The quantitative estimate of drug-likeness (QED) is 0.364. The van der Waals surface area contributed by atoms with Gasteiger partial charge >= 0.3 is 0 Å². The molecular weight excluding hydrogens is 504 g/mol. The highest BCUT2D eigenvalue weighted by atomic mass is 32.2. The molecule has 1 amide bonds. The zero-order chi connectivity index (χ0) is 28.0. The Hall–Kier alpha value is -3.72. The predicted octanol–water partition coefficient (Wildman–Crippen LogP) is 5.10. The van der Waals surface area contributed by atoms with Crippen LogP contribution in [0.15, 0.2) is 59.5 Å². The second-order valence-electron chi connectivity index (χ2n) is 9.13. The van der Waals surface area contributed by atoms with E-state index in [1.165, 1.54) is 32.4 Å². The smallest absolute Gasteiger partial charge is 0.264 e. The summed E-state index contributed by atoms with van der Waals surface area (Å²) in [5.74, 6) is 1.02. The molecule has 0 radical (unpaired) electrons. The summed E-state index contributed by atoms with van der Waals surface area (Å²) >= 11 is 0. The average Bonchev–Trinajstić information content (AvgIpc) is 2.89. The Morgan fingerprint density at radius 2 is 1.45 bits per heavy atom. The highest BCUT2D eigenvalue weighted by Gasteiger charge is 2.29. The molecule has 0 aliphatic carbocycles. The molecule has 0 saturated carbocycles. The van der Waals surface area contributed by atoms with E-state index in [2.05, 4.69) is 5.32 Å². The van der Waals surface area contributed by atoms with E-state index < -0.39 is 22.5 Å². The predicted molar refractivity (Wildman–Crippen MR) is 149 cm³/mol. The first kappa shape index (κ1) is 28.8. The van der Waals surface area contributed by atoms with Gasteiger partial charge in [-0.15, -0.1) is 0 Å². The standard InChI is InChI=1S/C29H36N2O6S/c1-8-25(22-9-11-26(35-5)21(4)16-22)30-29(32)18-31(23-14-19(2)13-20(3)15-23)38(33,34)24-10-12-27(36-6)28(17-24)37-7/h9-17,25H,8,18H2,1-7H3,(H,30,32). The van der Waals surface area contributed by atoms with E-state index in [4.69, 9.17) is 14.2 Å². The van der Waals surface area contributed by atoms with Gasteiger partial charge in [0, 0.05) is 6.07 Å². The maximum Gasteiger partial charge on any atom is 0.264 e. The Balaban J connectivity index is 1.99. The third-order valence-electron chi connectivity index (χ3n) is 6.29. The van der Waals surface area contributed by atoms with Crippen molar-refractivity contribution in [3.63, 3.8) is 0 Å². The summed E-state index contributed by atoms with van der Waals surface area (Å²) in [5, 5.41) is 3.01. The Morgan fingerprint density at radius 3 is 2.00 bits per heavy atom. The van der Waals surface area contributed by atoms with Gasteiger partial charge in [0.05, 0.1) is 38.0 Å². The highest BCUT2D eigenvalue weighted by molar-refractivity contribution is 7.92. The van der Waals surface area contributed by atoms with Crippen molar-refractivity contribution < 1.29 is 27.4 Å². The minimum atomic E-state index is -4.14. The van der Waals surface area contributed by atoms with Crippen LogP contribution >= 0.6 is 0 Å². The maximum absolute atomic E-state index is 13.9. The molecule has 9 heteroatoms. The van der Waals surface area contributed by atoms with Gasteiger partial charge in [-0.2, -0.15) is 0 Å². The number of nitrogens with one attached hydrogen (secondary N) is 1. The minimum Gasteiger partial charge on any atom is -0.496 e. The largest absolute Gasteiger partial charge is 0.496 e. The van der Waals surface area contributed by atoms with Gasteiger partial charge in [0.1, 0.15) is 12.3 Å². The molecule has 0 aliphatic heterocycles. The van der Waals surface area contributed by atoms with Crippen LogP contribution in [-0.2, 0) is 14.8 Å². The van der Waals surface area contributed by atoms with Crippen molar-refractivity contribution in [3.8, 4) is 17.2 Å². The number of anilines is 1. The fourth-order valence-electron chi connectivity index (χ4n) is 4.42. The van der Waals surface area contributed by atoms with Gasteiger partial charge in [-0.3, -0.25) is 9.10 Å². The number of nitrogens with zero attached hydrogens (tertiary/aromatic N) is 1. The number of aryl methyl sites for hydroxylation is 3. The van der Waals surface area contributed by atoms with Crippen molar-refractivity contribution in [2.45, 2.75) is 45.1 Å². The van der Waals surface area contributed by atoms with E-state index in [0.717, 1.165) is 32.3 Å². The normalized spacial score (nSPS) is 12.0. The number of benzene rings is 3. The van der Waals surface area contributed by atoms with Gasteiger partial charge in [0.25, 0.3) is 10.0 Å². The lowest BCUT2D eigenvalue weighted by molar-refractivity contribution is -0.120. The van der Waals surface area contributed by atoms with Gasteiger partial charge in [-0.05, 0) is 79.8 Å². The molecule has 0 heterocycles. The Bertz CT molecular complexity index is 1380. The first-order valence-corrected chi connectivity index (χ1v) is 13.7. The number of ether oxygens (including phenoxy) is 3. The molecule has 0 saturated heterocycles. The van der Waals surface area contributed by atoms with Crippen LogP contribution in [0.4, 0.5) is 5.69 Å². The van der Waals surface area contributed by atoms with Crippen LogP contribution in [0.3, 0.4) is 0 Å². The van der Waals surface area contributed by atoms with E-state index in [1.54, 1.807) is 19.2 Å². The third-order valence-corrected chi connectivity index (χ3v) is 8.06. The maximum atomic E-state index is 13.9. The van der Waals surface area contributed by atoms with Crippen LogP contribution < -0.4 is 23.8 Å². The van der Waals surface area contributed by atoms with E-state index in [0.29, 0.717) is 17.9 Å². The molecule has 38 heavy (non-hydrogen) atoms. The third kappa shape index (κ3) is 6.39. The molecule has 204 valence electrons. The molecule has 3 rings (SSSR count). The van der Waals surface area contributed by atoms with Gasteiger partial charge in [-0.25, -0.2) is 8.42 Å². The summed E-state index contributed by atoms with van der Waals surface area (Å²) in [6, 6.07) is 15.3. The molecule has 1 unspecified atom stereocenters. The monoisotopic (exact) mass is 540 g/mol. The fourth-order valence-corrected chi connectivity index (χ4v) is 5.84. The molecule has 0 spiro atoms. The molecule has 3 aromatic rings. The molecule has 3 aromatic carbocycles. The summed E-state index contributed by atoms with van der Waals surface area (Å²) in [6.45, 7) is 7.28. The summed E-state index contributed by atoms with van der Waals surface area (Å²) in [5.41, 5.74) is 4.03. The number of rotatable bonds is 11. The van der Waals surface area contributed by atoms with E-state index in [9.17, 15) is 13.2 Å². The Labute approximate surface area is 225 Å². The number of methoxy groups -OCH3 is 3. The summed E-state index contributed by atoms with van der Waals surface area (Å²) in [6.07, 6.45) is 0.628. The van der Waals surface area contributed by atoms with Crippen molar-refractivity contribution >= 4 is 21.6 Å². The molecular formula is C29H36N2O6S. The number of carbonyl (C=O) groups is 1. The lowest BCUT2D eigenvalue weighted by Crippen LogP contribution is -2.42. The zero-order valence-electron chi connectivity index (χ0n) is 23.0. The summed E-state index contributed by atoms with van der Waals surface area (Å²) in [7, 11) is 0.388. The molecule has 1 atom stereocenters. The van der Waals surface area contributed by atoms with Crippen LogP contribution in [0, 0.1) is 20.8 Å². The SMILES string of the molecule is CCC(NC(=O)CN(c1cc(C)cc(C)c1)S(=O)(=O)c1ccc(OC)c(OC)c1)c1ccc(OC)c(C)c1. The topological polar surface area (TPSA) is 94.2 Å². The fraction of sp³-hybridized carbons (Fsp3) is 0.345. The molecule has 1 N–H and O–H groups in total. The molecule has 0 bridgehead atoms. The lowest BCUT2D eigenvalue weighted by atomic mass is 10.0. The number of sulfonamides is 1. The number of hydrogen-bond acceptors (Lipinski definition) is 6. The van der Waals surface area contributed by atoms with E-state index in [-0.39, 0.29) is 16.7 Å². The van der Waals surface area contributed by atoms with Crippen molar-refractivity contribution in [2.24, 2.45) is 0 Å². The van der Waals surface area contributed by atoms with Crippen LogP contribution in [0.25, 0.3) is 0 Å². The van der Waals surface area contributed by atoms with Crippen LogP contribution in [0.2, 0.25) is 0 Å². The Kier molecular flexibility index (Phi) is 9.27. The van der Waals surface area contributed by atoms with Gasteiger partial charge in [0.15, 0.2) is 11.5 Å². The molecule has 0 aliphatic rings.